The Hall–Kier alpha value is -2.97. The van der Waals surface area contributed by atoms with Gasteiger partial charge in [0, 0.05) is 18.3 Å². The molecule has 0 amide bonds. The Morgan fingerprint density at radius 3 is 2.12 bits per heavy atom. The number of aliphatic hydroxyl groups excluding tert-OH is 4. The summed E-state index contributed by atoms with van der Waals surface area (Å²) in [6.07, 6.45) is 6.47. The summed E-state index contributed by atoms with van der Waals surface area (Å²) in [6, 6.07) is 15.4. The van der Waals surface area contributed by atoms with Crippen molar-refractivity contribution in [2.75, 3.05) is 26.4 Å². The zero-order valence-electron chi connectivity index (χ0n) is 18.1. The fraction of sp³-hybridized carbons (Fsp3) is 0.320. The van der Waals surface area contributed by atoms with E-state index in [0.717, 1.165) is 16.7 Å². The van der Waals surface area contributed by atoms with E-state index in [2.05, 4.69) is 4.98 Å². The van der Waals surface area contributed by atoms with Crippen LogP contribution >= 0.6 is 0 Å². The number of aliphatic hydroxyl groups is 4. The number of nitrogens with zero attached hydrogens (tertiary/aromatic N) is 2. The Morgan fingerprint density at radius 2 is 1.56 bits per heavy atom. The van der Waals surface area contributed by atoms with Crippen LogP contribution in [0.25, 0.3) is 17.2 Å². The van der Waals surface area contributed by atoms with Gasteiger partial charge in [-0.05, 0) is 35.7 Å². The van der Waals surface area contributed by atoms with Gasteiger partial charge in [-0.3, -0.25) is 0 Å². The minimum Gasteiger partial charge on any atom is -0.493 e. The van der Waals surface area contributed by atoms with E-state index in [-0.39, 0.29) is 38.4 Å². The van der Waals surface area contributed by atoms with Gasteiger partial charge in [-0.25, -0.2) is 4.98 Å². The zero-order chi connectivity index (χ0) is 22.9. The first-order chi connectivity index (χ1) is 15.5. The molecule has 170 valence electrons. The number of benzene rings is 2. The van der Waals surface area contributed by atoms with Crippen molar-refractivity contribution in [3.8, 4) is 16.9 Å². The Balaban J connectivity index is 1.65. The summed E-state index contributed by atoms with van der Waals surface area (Å²) in [6.45, 7) is 1.59. The van der Waals surface area contributed by atoms with Crippen LogP contribution in [0, 0.1) is 5.92 Å². The Labute approximate surface area is 187 Å². The van der Waals surface area contributed by atoms with Crippen LogP contribution in [0.5, 0.6) is 5.75 Å². The average Bonchev–Trinajstić information content (AvgIpc) is 3.31. The number of imidazole rings is 1. The number of aromatic nitrogens is 2. The monoisotopic (exact) mass is 438 g/mol. The summed E-state index contributed by atoms with van der Waals surface area (Å²) in [7, 11) is 0. The lowest BCUT2D eigenvalue weighted by atomic mass is 10.0. The number of rotatable bonds is 11. The van der Waals surface area contributed by atoms with Crippen molar-refractivity contribution in [1.82, 2.24) is 9.55 Å². The van der Waals surface area contributed by atoms with Gasteiger partial charge >= 0.3 is 0 Å². The first-order valence-electron chi connectivity index (χ1n) is 10.6. The first-order valence-corrected chi connectivity index (χ1v) is 10.6. The van der Waals surface area contributed by atoms with Gasteiger partial charge in [0.05, 0.1) is 32.5 Å². The van der Waals surface area contributed by atoms with Crippen LogP contribution in [0.4, 0.5) is 0 Å². The highest BCUT2D eigenvalue weighted by atomic mass is 16.5. The predicted octanol–water partition coefficient (Wildman–Crippen LogP) is 2.83. The van der Waals surface area contributed by atoms with Gasteiger partial charge in [-0.2, -0.15) is 0 Å². The van der Waals surface area contributed by atoms with Gasteiger partial charge < -0.3 is 29.7 Å². The topological polar surface area (TPSA) is 108 Å². The van der Waals surface area contributed by atoms with Crippen molar-refractivity contribution in [2.45, 2.75) is 19.1 Å². The summed E-state index contributed by atoms with van der Waals surface area (Å²) in [4.78, 5) is 4.16. The van der Waals surface area contributed by atoms with E-state index in [1.54, 1.807) is 23.9 Å². The summed E-state index contributed by atoms with van der Waals surface area (Å²) in [5, 5.41) is 37.8. The summed E-state index contributed by atoms with van der Waals surface area (Å²) < 4.78 is 7.37. The van der Waals surface area contributed by atoms with Crippen molar-refractivity contribution in [3.63, 3.8) is 0 Å². The van der Waals surface area contributed by atoms with Crippen LogP contribution in [0.15, 0.2) is 67.0 Å². The molecule has 0 aliphatic carbocycles. The van der Waals surface area contributed by atoms with Crippen LogP contribution < -0.4 is 4.74 Å². The van der Waals surface area contributed by atoms with Crippen LogP contribution in [-0.4, -0.2) is 56.4 Å². The fourth-order valence-electron chi connectivity index (χ4n) is 3.30. The summed E-state index contributed by atoms with van der Waals surface area (Å²) in [5.41, 5.74) is 3.09. The third-order valence-electron chi connectivity index (χ3n) is 5.23. The molecule has 7 heteroatoms. The lowest BCUT2D eigenvalue weighted by Crippen LogP contribution is -2.19. The molecule has 1 aromatic heterocycles. The van der Waals surface area contributed by atoms with E-state index in [0.29, 0.717) is 11.6 Å². The second-order valence-electron chi connectivity index (χ2n) is 7.67. The zero-order valence-corrected chi connectivity index (χ0v) is 18.1. The van der Waals surface area contributed by atoms with Crippen LogP contribution in [0.2, 0.25) is 0 Å². The molecule has 2 aromatic carbocycles. The second-order valence-corrected chi connectivity index (χ2v) is 7.67. The maximum absolute atomic E-state index is 9.84. The Morgan fingerprint density at radius 1 is 0.938 bits per heavy atom. The van der Waals surface area contributed by atoms with Crippen LogP contribution in [-0.2, 0) is 0 Å². The van der Waals surface area contributed by atoms with E-state index >= 15 is 0 Å². The largest absolute Gasteiger partial charge is 0.493 e. The molecule has 4 N–H and O–H groups in total. The van der Waals surface area contributed by atoms with Gasteiger partial charge in [0.2, 0.25) is 0 Å². The molecule has 2 atom stereocenters. The summed E-state index contributed by atoms with van der Waals surface area (Å²) in [5.74, 6) is 0.916. The Kier molecular flexibility index (Phi) is 8.58. The normalized spacial score (nSPS) is 13.6. The van der Waals surface area contributed by atoms with Gasteiger partial charge in [-0.1, -0.05) is 48.6 Å². The molecule has 0 radical (unpaired) electrons. The molecule has 3 rings (SSSR count). The maximum Gasteiger partial charge on any atom is 0.137 e. The van der Waals surface area contributed by atoms with E-state index in [9.17, 15) is 10.2 Å². The first kappa shape index (κ1) is 23.7. The van der Waals surface area contributed by atoms with Crippen molar-refractivity contribution >= 4 is 6.08 Å². The maximum atomic E-state index is 9.84. The second kappa shape index (κ2) is 11.6. The predicted molar refractivity (Wildman–Crippen MR) is 123 cm³/mol. The molecule has 1 unspecified atom stereocenters. The van der Waals surface area contributed by atoms with Crippen molar-refractivity contribution in [1.29, 1.82) is 0 Å². The number of hydrogen-bond acceptors (Lipinski definition) is 6. The lowest BCUT2D eigenvalue weighted by Gasteiger charge is -2.16. The molecule has 0 saturated heterocycles. The third-order valence-corrected chi connectivity index (χ3v) is 5.23. The number of ether oxygens (including phenoxy) is 1. The van der Waals surface area contributed by atoms with Crippen LogP contribution in [0.3, 0.4) is 0 Å². The fourth-order valence-corrected chi connectivity index (χ4v) is 3.30. The van der Waals surface area contributed by atoms with E-state index in [4.69, 9.17) is 14.9 Å². The highest BCUT2D eigenvalue weighted by Gasteiger charge is 2.14. The molecule has 0 bridgehead atoms. The molecule has 0 saturated carbocycles. The quantitative estimate of drug-likeness (QED) is 0.367. The lowest BCUT2D eigenvalue weighted by molar-refractivity contribution is 0.106. The van der Waals surface area contributed by atoms with Gasteiger partial charge in [0.1, 0.15) is 17.7 Å². The highest BCUT2D eigenvalue weighted by Crippen LogP contribution is 2.24. The van der Waals surface area contributed by atoms with Crippen LogP contribution in [0.1, 0.15) is 30.5 Å². The van der Waals surface area contributed by atoms with Crippen molar-refractivity contribution in [2.24, 2.45) is 5.92 Å². The minimum absolute atomic E-state index is 0.101. The molecule has 7 nitrogen and oxygen atoms in total. The van der Waals surface area contributed by atoms with E-state index < -0.39 is 6.10 Å². The molecule has 0 aliphatic rings. The molecule has 1 heterocycles. The van der Waals surface area contributed by atoms with Gasteiger partial charge in [-0.15, -0.1) is 0 Å². The standard InChI is InChI=1S/C25H30N2O5/c1-18(31)25-26-12-13-27(25)23(16-30)9-4-19-2-5-21(6-3-19)22-7-10-24(11-8-22)32-17-20(14-28)15-29/h2-13,18,20,23,28-31H,14-17H2,1H3/b9-4+/t18-,23?/m0/s1. The highest BCUT2D eigenvalue weighted by molar-refractivity contribution is 5.66. The molecular weight excluding hydrogens is 408 g/mol. The molecule has 0 fully saturated rings. The average molecular weight is 439 g/mol. The Bertz CT molecular complexity index is 976. The summed E-state index contributed by atoms with van der Waals surface area (Å²) >= 11 is 0. The molecular formula is C25H30N2O5. The van der Waals surface area contributed by atoms with Crippen molar-refractivity contribution < 1.29 is 25.2 Å². The molecule has 3 aromatic rings. The van der Waals surface area contributed by atoms with Gasteiger partial charge in [0.15, 0.2) is 0 Å². The van der Waals surface area contributed by atoms with E-state index in [1.807, 2.05) is 60.7 Å². The molecule has 32 heavy (non-hydrogen) atoms. The number of hydrogen-bond donors (Lipinski definition) is 4. The van der Waals surface area contributed by atoms with Gasteiger partial charge in [0.25, 0.3) is 0 Å². The van der Waals surface area contributed by atoms with E-state index in [1.165, 1.54) is 0 Å². The smallest absolute Gasteiger partial charge is 0.137 e. The molecule has 0 spiro atoms. The third kappa shape index (κ3) is 6.05. The van der Waals surface area contributed by atoms with Crippen molar-refractivity contribution in [3.05, 3.63) is 78.4 Å². The minimum atomic E-state index is -0.714. The molecule has 0 aliphatic heterocycles. The SMILES string of the molecule is C[C@H](O)c1nccn1C(/C=C/c1ccc(-c2ccc(OCC(CO)CO)cc2)cc1)CO.